The molecule has 3 heterocycles. The average molecular weight is 597 g/mol. The monoisotopic (exact) mass is 595 g/mol. The SMILES string of the molecule is COc1ccc(C2c3[nH]c4ccc(Br)cc4c3CC3C(=O)N(c4cccc(Br)c4)C(=S)N32)cc1. The lowest BCUT2D eigenvalue weighted by Gasteiger charge is -2.37. The third kappa shape index (κ3) is 3.31. The van der Waals surface area contributed by atoms with Crippen LogP contribution >= 0.6 is 44.1 Å². The lowest BCUT2D eigenvalue weighted by molar-refractivity contribution is -0.120. The molecule has 6 rings (SSSR count). The quantitative estimate of drug-likeness (QED) is 0.280. The molecule has 1 N–H and O–H groups in total. The van der Waals surface area contributed by atoms with Gasteiger partial charge in [-0.2, -0.15) is 0 Å². The molecule has 2 aliphatic rings. The van der Waals surface area contributed by atoms with Crippen LogP contribution < -0.4 is 9.64 Å². The summed E-state index contributed by atoms with van der Waals surface area (Å²) >= 11 is 13.1. The van der Waals surface area contributed by atoms with Gasteiger partial charge in [-0.1, -0.05) is 50.1 Å². The third-order valence-corrected chi connectivity index (χ3v) is 7.98. The first kappa shape index (κ1) is 21.8. The number of rotatable bonds is 3. The molecule has 0 radical (unpaired) electrons. The summed E-state index contributed by atoms with van der Waals surface area (Å²) in [6, 6.07) is 21.3. The van der Waals surface area contributed by atoms with Crippen LogP contribution in [0.15, 0.2) is 75.7 Å². The number of fused-ring (bicyclic) bond motifs is 4. The Morgan fingerprint density at radius 1 is 1.03 bits per heavy atom. The van der Waals surface area contributed by atoms with E-state index in [4.69, 9.17) is 17.0 Å². The van der Waals surface area contributed by atoms with Gasteiger partial charge in [-0.05, 0) is 71.9 Å². The van der Waals surface area contributed by atoms with Crippen molar-refractivity contribution in [3.63, 3.8) is 0 Å². The molecule has 0 saturated carbocycles. The number of aromatic nitrogens is 1. The maximum atomic E-state index is 13.8. The smallest absolute Gasteiger partial charge is 0.256 e. The number of halogens is 2. The van der Waals surface area contributed by atoms with Crippen LogP contribution in [-0.2, 0) is 11.2 Å². The highest BCUT2D eigenvalue weighted by atomic mass is 79.9. The summed E-state index contributed by atoms with van der Waals surface area (Å²) in [5, 5.41) is 1.64. The zero-order chi connectivity index (χ0) is 23.6. The number of ether oxygens (including phenoxy) is 1. The molecule has 1 aromatic heterocycles. The normalized spacial score (nSPS) is 19.5. The van der Waals surface area contributed by atoms with E-state index in [0.717, 1.165) is 48.1 Å². The van der Waals surface area contributed by atoms with E-state index in [-0.39, 0.29) is 18.0 Å². The largest absolute Gasteiger partial charge is 0.497 e. The summed E-state index contributed by atoms with van der Waals surface area (Å²) in [7, 11) is 1.66. The summed E-state index contributed by atoms with van der Waals surface area (Å²) in [6.07, 6.45) is 0.585. The fourth-order valence-electron chi connectivity index (χ4n) is 5.08. The topological polar surface area (TPSA) is 48.6 Å². The minimum Gasteiger partial charge on any atom is -0.497 e. The molecule has 5 nitrogen and oxygen atoms in total. The number of nitrogens with one attached hydrogen (secondary N) is 1. The molecule has 34 heavy (non-hydrogen) atoms. The molecule has 0 spiro atoms. The van der Waals surface area contributed by atoms with Crippen LogP contribution in [0.2, 0.25) is 0 Å². The summed E-state index contributed by atoms with van der Waals surface area (Å²) in [4.78, 5) is 21.2. The molecule has 1 amide bonds. The van der Waals surface area contributed by atoms with Crippen molar-refractivity contribution in [2.75, 3.05) is 12.0 Å². The van der Waals surface area contributed by atoms with Gasteiger partial charge >= 0.3 is 0 Å². The number of hydrogen-bond acceptors (Lipinski definition) is 3. The lowest BCUT2D eigenvalue weighted by Crippen LogP contribution is -2.44. The van der Waals surface area contributed by atoms with Crippen LogP contribution in [-0.4, -0.2) is 34.1 Å². The number of carbonyl (C=O) groups excluding carboxylic acids is 1. The van der Waals surface area contributed by atoms with E-state index < -0.39 is 0 Å². The first-order chi connectivity index (χ1) is 16.5. The molecule has 2 unspecified atom stereocenters. The van der Waals surface area contributed by atoms with Crippen molar-refractivity contribution in [3.05, 3.63) is 92.5 Å². The number of benzene rings is 3. The first-order valence-electron chi connectivity index (χ1n) is 10.8. The van der Waals surface area contributed by atoms with Crippen LogP contribution in [0.25, 0.3) is 10.9 Å². The predicted octanol–water partition coefficient (Wildman–Crippen LogP) is 6.35. The van der Waals surface area contributed by atoms with Crippen molar-refractivity contribution in [1.29, 1.82) is 0 Å². The Labute approximate surface area is 219 Å². The van der Waals surface area contributed by atoms with Gasteiger partial charge in [0.25, 0.3) is 5.91 Å². The van der Waals surface area contributed by atoms with E-state index in [9.17, 15) is 4.79 Å². The van der Waals surface area contributed by atoms with Crippen molar-refractivity contribution in [3.8, 4) is 5.75 Å². The van der Waals surface area contributed by atoms with Gasteiger partial charge in [0.05, 0.1) is 18.8 Å². The molecule has 2 atom stereocenters. The zero-order valence-electron chi connectivity index (χ0n) is 18.1. The van der Waals surface area contributed by atoms with Gasteiger partial charge in [0.2, 0.25) is 0 Å². The summed E-state index contributed by atoms with van der Waals surface area (Å²) in [5.41, 5.74) is 5.09. The molecule has 1 saturated heterocycles. The average Bonchev–Trinajstić information content (AvgIpc) is 3.32. The van der Waals surface area contributed by atoms with Crippen molar-refractivity contribution in [2.24, 2.45) is 0 Å². The van der Waals surface area contributed by atoms with E-state index in [1.165, 1.54) is 0 Å². The van der Waals surface area contributed by atoms with Crippen molar-refractivity contribution >= 4 is 71.7 Å². The molecule has 4 aromatic rings. The number of nitrogens with zero attached hydrogens (tertiary/aromatic N) is 2. The highest BCUT2D eigenvalue weighted by molar-refractivity contribution is 9.10. The Kier molecular flexibility index (Phi) is 5.28. The van der Waals surface area contributed by atoms with Crippen LogP contribution in [0.1, 0.15) is 22.9 Å². The van der Waals surface area contributed by atoms with E-state index in [1.807, 2.05) is 54.6 Å². The number of amides is 1. The van der Waals surface area contributed by atoms with Gasteiger partial charge in [0.15, 0.2) is 5.11 Å². The Morgan fingerprint density at radius 2 is 1.79 bits per heavy atom. The number of carbonyl (C=O) groups is 1. The Balaban J connectivity index is 1.54. The predicted molar refractivity (Wildman–Crippen MR) is 144 cm³/mol. The number of H-pyrrole nitrogens is 1. The van der Waals surface area contributed by atoms with E-state index >= 15 is 0 Å². The van der Waals surface area contributed by atoms with Gasteiger partial charge in [0, 0.05) is 32.0 Å². The Morgan fingerprint density at radius 3 is 2.53 bits per heavy atom. The van der Waals surface area contributed by atoms with Gasteiger partial charge in [-0.3, -0.25) is 9.69 Å². The van der Waals surface area contributed by atoms with Gasteiger partial charge in [-0.25, -0.2) is 0 Å². The fourth-order valence-corrected chi connectivity index (χ4v) is 6.26. The number of hydrogen-bond donors (Lipinski definition) is 1. The Bertz CT molecular complexity index is 1470. The third-order valence-electron chi connectivity index (χ3n) is 6.60. The second-order valence-electron chi connectivity index (χ2n) is 8.45. The molecular formula is C26H19Br2N3O2S. The molecule has 0 bridgehead atoms. The maximum absolute atomic E-state index is 13.8. The molecule has 8 heteroatoms. The lowest BCUT2D eigenvalue weighted by atomic mass is 9.89. The molecular weight excluding hydrogens is 578 g/mol. The van der Waals surface area contributed by atoms with Crippen molar-refractivity contribution < 1.29 is 9.53 Å². The number of thiocarbonyl (C=S) groups is 1. The molecule has 170 valence electrons. The zero-order valence-corrected chi connectivity index (χ0v) is 22.1. The van der Waals surface area contributed by atoms with E-state index in [0.29, 0.717) is 11.5 Å². The number of aromatic amines is 1. The number of methoxy groups -OCH3 is 1. The van der Waals surface area contributed by atoms with Gasteiger partial charge in [-0.15, -0.1) is 0 Å². The first-order valence-corrected chi connectivity index (χ1v) is 12.8. The molecule has 0 aliphatic carbocycles. The fraction of sp³-hybridized carbons (Fsp3) is 0.154. The van der Waals surface area contributed by atoms with Crippen LogP contribution in [0.3, 0.4) is 0 Å². The minimum absolute atomic E-state index is 0.00314. The molecule has 1 fully saturated rings. The van der Waals surface area contributed by atoms with Crippen LogP contribution in [0.5, 0.6) is 5.75 Å². The standard InChI is InChI=1S/C26H19Br2N3O2S/c1-33-18-8-5-14(6-9-18)24-23-20(19-12-16(28)7-10-21(19)29-23)13-22-25(32)30(26(34)31(22)24)17-4-2-3-15(27)11-17/h2-12,22,24,29H,13H2,1H3. The minimum atomic E-state index is -0.385. The highest BCUT2D eigenvalue weighted by Gasteiger charge is 2.51. The maximum Gasteiger partial charge on any atom is 0.256 e. The van der Waals surface area contributed by atoms with Gasteiger partial charge in [0.1, 0.15) is 11.8 Å². The van der Waals surface area contributed by atoms with Gasteiger partial charge < -0.3 is 14.6 Å². The second-order valence-corrected chi connectivity index (χ2v) is 10.6. The Hall–Kier alpha value is -2.68. The molecule has 3 aromatic carbocycles. The summed E-state index contributed by atoms with van der Waals surface area (Å²) < 4.78 is 7.29. The van der Waals surface area contributed by atoms with Crippen LogP contribution in [0.4, 0.5) is 5.69 Å². The summed E-state index contributed by atoms with van der Waals surface area (Å²) in [6.45, 7) is 0. The van der Waals surface area contributed by atoms with E-state index in [1.54, 1.807) is 12.0 Å². The van der Waals surface area contributed by atoms with Crippen molar-refractivity contribution in [2.45, 2.75) is 18.5 Å². The number of anilines is 1. The summed E-state index contributed by atoms with van der Waals surface area (Å²) in [5.74, 6) is 0.782. The second kappa shape index (κ2) is 8.22. The molecule has 2 aliphatic heterocycles. The van der Waals surface area contributed by atoms with E-state index in [2.05, 4.69) is 53.9 Å². The highest BCUT2D eigenvalue weighted by Crippen LogP contribution is 2.45. The van der Waals surface area contributed by atoms with Crippen molar-refractivity contribution in [1.82, 2.24) is 9.88 Å². The van der Waals surface area contributed by atoms with Crippen LogP contribution in [0, 0.1) is 0 Å².